The third-order valence-electron chi connectivity index (χ3n) is 4.84. The van der Waals surface area contributed by atoms with E-state index in [1.807, 2.05) is 0 Å². The highest BCUT2D eigenvalue weighted by atomic mass is 35.5. The van der Waals surface area contributed by atoms with Crippen LogP contribution in [0.4, 0.5) is 11.4 Å². The van der Waals surface area contributed by atoms with E-state index in [1.165, 1.54) is 48.5 Å². The van der Waals surface area contributed by atoms with Crippen LogP contribution in [-0.4, -0.2) is 14.3 Å². The van der Waals surface area contributed by atoms with E-state index in [9.17, 15) is 13.2 Å². The average Bonchev–Trinajstić information content (AvgIpc) is 2.83. The van der Waals surface area contributed by atoms with E-state index >= 15 is 0 Å². The Morgan fingerprint density at radius 3 is 2.06 bits per heavy atom. The Bertz CT molecular complexity index is 1540. The van der Waals surface area contributed by atoms with Crippen molar-refractivity contribution in [3.63, 3.8) is 0 Å². The molecule has 0 aliphatic rings. The molecule has 6 nitrogen and oxygen atoms in total. The third kappa shape index (κ3) is 6.24. The van der Waals surface area contributed by atoms with Crippen molar-refractivity contribution in [2.75, 3.05) is 10.0 Å². The zero-order chi connectivity index (χ0) is 25.9. The number of carbonyl (C=O) groups is 1. The highest BCUT2D eigenvalue weighted by Gasteiger charge is 2.20. The lowest BCUT2D eigenvalue weighted by atomic mass is 10.1. The number of hydrogen-bond acceptors (Lipinski definition) is 4. The number of hydrogen-bond donors (Lipinski definition) is 2. The van der Waals surface area contributed by atoms with Crippen LogP contribution >= 0.6 is 46.4 Å². The van der Waals surface area contributed by atoms with E-state index in [1.54, 1.807) is 36.4 Å². The molecule has 0 saturated carbocycles. The predicted octanol–water partition coefficient (Wildman–Crippen LogP) is 8.15. The van der Waals surface area contributed by atoms with E-state index in [4.69, 9.17) is 51.1 Å². The maximum atomic E-state index is 13.2. The number of halogens is 4. The maximum absolute atomic E-state index is 13.2. The van der Waals surface area contributed by atoms with Crippen LogP contribution in [0.2, 0.25) is 20.1 Å². The maximum Gasteiger partial charge on any atom is 0.261 e. The summed E-state index contributed by atoms with van der Waals surface area (Å²) in [6.07, 6.45) is 0. The van der Waals surface area contributed by atoms with Crippen LogP contribution in [0.15, 0.2) is 89.8 Å². The number of amides is 1. The summed E-state index contributed by atoms with van der Waals surface area (Å²) in [6.45, 7) is 0. The molecule has 0 aliphatic heterocycles. The minimum Gasteiger partial charge on any atom is -0.454 e. The van der Waals surface area contributed by atoms with Crippen LogP contribution < -0.4 is 14.8 Å². The number of para-hydroxylation sites is 2. The second-order valence-corrected chi connectivity index (χ2v) is 10.8. The zero-order valence-electron chi connectivity index (χ0n) is 18.1. The Hall–Kier alpha value is -2.94. The molecule has 11 heteroatoms. The van der Waals surface area contributed by atoms with Gasteiger partial charge in [-0.15, -0.1) is 0 Å². The molecular weight excluding hydrogens is 566 g/mol. The van der Waals surface area contributed by atoms with Gasteiger partial charge in [-0.2, -0.15) is 0 Å². The minimum absolute atomic E-state index is 0.000586. The van der Waals surface area contributed by atoms with Gasteiger partial charge >= 0.3 is 0 Å². The van der Waals surface area contributed by atoms with Crippen molar-refractivity contribution in [1.29, 1.82) is 0 Å². The highest BCUT2D eigenvalue weighted by molar-refractivity contribution is 7.92. The van der Waals surface area contributed by atoms with E-state index in [0.29, 0.717) is 27.2 Å². The Kier molecular flexibility index (Phi) is 7.97. The van der Waals surface area contributed by atoms with Gasteiger partial charge < -0.3 is 10.1 Å². The largest absolute Gasteiger partial charge is 0.454 e. The quantitative estimate of drug-likeness (QED) is 0.231. The molecule has 0 saturated heterocycles. The van der Waals surface area contributed by atoms with Crippen LogP contribution in [0.1, 0.15) is 10.4 Å². The molecule has 4 aromatic carbocycles. The summed E-state index contributed by atoms with van der Waals surface area (Å²) in [5.74, 6) is 0.0203. The second kappa shape index (κ2) is 11.0. The molecule has 0 aromatic heterocycles. The fourth-order valence-electron chi connectivity index (χ4n) is 3.14. The molecule has 2 N–H and O–H groups in total. The van der Waals surface area contributed by atoms with Crippen LogP contribution in [0, 0.1) is 0 Å². The summed E-state index contributed by atoms with van der Waals surface area (Å²) in [5.41, 5.74) is 0.352. The van der Waals surface area contributed by atoms with Crippen molar-refractivity contribution in [2.45, 2.75) is 4.90 Å². The molecule has 1 amide bonds. The number of ether oxygens (including phenoxy) is 1. The molecule has 0 spiro atoms. The molecule has 0 radical (unpaired) electrons. The number of rotatable bonds is 7. The molecule has 36 heavy (non-hydrogen) atoms. The summed E-state index contributed by atoms with van der Waals surface area (Å²) >= 11 is 24.1. The first-order chi connectivity index (χ1) is 17.1. The molecule has 0 fully saturated rings. The van der Waals surface area contributed by atoms with Gasteiger partial charge in [-0.3, -0.25) is 9.52 Å². The summed E-state index contributed by atoms with van der Waals surface area (Å²) in [5, 5.41) is 4.10. The van der Waals surface area contributed by atoms with Crippen molar-refractivity contribution in [3.8, 4) is 11.5 Å². The molecule has 4 rings (SSSR count). The Morgan fingerprint density at radius 2 is 1.33 bits per heavy atom. The lowest BCUT2D eigenvalue weighted by Gasteiger charge is -2.16. The van der Waals surface area contributed by atoms with Gasteiger partial charge in [0.05, 0.1) is 26.9 Å². The molecular formula is C25H16Cl4N2O4S. The standard InChI is InChI=1S/C25H16Cl4N2O4S/c26-15-5-9-18(10-6-15)36(33,34)31-21-11-7-16(27)13-19(21)25(32)30-22-3-1-2-4-24(22)35-23-12-8-17(28)14-20(23)29/h1-14,31H,(H,30,32). The number of anilines is 2. The first-order valence-corrected chi connectivity index (χ1v) is 13.2. The molecule has 0 heterocycles. The summed E-state index contributed by atoms with van der Waals surface area (Å²) < 4.78 is 34.1. The summed E-state index contributed by atoms with van der Waals surface area (Å²) in [4.78, 5) is 13.2. The van der Waals surface area contributed by atoms with Gasteiger partial charge in [-0.1, -0.05) is 58.5 Å². The fourth-order valence-corrected chi connectivity index (χ4v) is 4.96. The Morgan fingerprint density at radius 1 is 0.694 bits per heavy atom. The molecule has 0 aliphatic carbocycles. The van der Waals surface area contributed by atoms with Crippen molar-refractivity contribution in [1.82, 2.24) is 0 Å². The first-order valence-electron chi connectivity index (χ1n) is 10.2. The summed E-state index contributed by atoms with van der Waals surface area (Å²) in [7, 11) is -4.01. The topological polar surface area (TPSA) is 84.5 Å². The monoisotopic (exact) mass is 580 g/mol. The van der Waals surface area contributed by atoms with Crippen molar-refractivity contribution in [3.05, 3.63) is 111 Å². The lowest BCUT2D eigenvalue weighted by molar-refractivity contribution is 0.102. The van der Waals surface area contributed by atoms with Gasteiger partial charge in [0.15, 0.2) is 5.75 Å². The van der Waals surface area contributed by atoms with E-state index < -0.39 is 15.9 Å². The van der Waals surface area contributed by atoms with Crippen LogP contribution in [0.3, 0.4) is 0 Å². The molecule has 0 atom stereocenters. The van der Waals surface area contributed by atoms with E-state index in [0.717, 1.165) is 0 Å². The van der Waals surface area contributed by atoms with Crippen molar-refractivity contribution in [2.24, 2.45) is 0 Å². The SMILES string of the molecule is O=C(Nc1ccccc1Oc1ccc(Cl)cc1Cl)c1cc(Cl)ccc1NS(=O)(=O)c1ccc(Cl)cc1. The van der Waals surface area contributed by atoms with Gasteiger partial charge in [0.25, 0.3) is 15.9 Å². The first kappa shape index (κ1) is 26.1. The molecule has 184 valence electrons. The van der Waals surface area contributed by atoms with Gasteiger partial charge in [0.1, 0.15) is 5.75 Å². The second-order valence-electron chi connectivity index (χ2n) is 7.38. The van der Waals surface area contributed by atoms with E-state index in [-0.39, 0.29) is 26.2 Å². The third-order valence-corrected chi connectivity index (χ3v) is 7.24. The molecule has 0 unspecified atom stereocenters. The number of carbonyl (C=O) groups excluding carboxylic acids is 1. The van der Waals surface area contributed by atoms with Crippen molar-refractivity contribution < 1.29 is 17.9 Å². The normalized spacial score (nSPS) is 11.1. The van der Waals surface area contributed by atoms with Crippen molar-refractivity contribution >= 4 is 73.7 Å². The Labute approximate surface area is 227 Å². The minimum atomic E-state index is -4.01. The average molecular weight is 582 g/mol. The highest BCUT2D eigenvalue weighted by Crippen LogP contribution is 2.35. The van der Waals surface area contributed by atoms with Crippen LogP contribution in [-0.2, 0) is 10.0 Å². The molecule has 0 bridgehead atoms. The summed E-state index contributed by atoms with van der Waals surface area (Å²) in [6, 6.07) is 21.3. The molecule has 4 aromatic rings. The smallest absolute Gasteiger partial charge is 0.261 e. The zero-order valence-corrected chi connectivity index (χ0v) is 22.0. The van der Waals surface area contributed by atoms with Gasteiger partial charge in [-0.25, -0.2) is 8.42 Å². The fraction of sp³-hybridized carbons (Fsp3) is 0. The van der Waals surface area contributed by atoms with Gasteiger partial charge in [-0.05, 0) is 72.8 Å². The number of nitrogens with one attached hydrogen (secondary N) is 2. The predicted molar refractivity (Wildman–Crippen MR) is 145 cm³/mol. The van der Waals surface area contributed by atoms with Gasteiger partial charge in [0.2, 0.25) is 0 Å². The van der Waals surface area contributed by atoms with Gasteiger partial charge in [0, 0.05) is 15.1 Å². The Balaban J connectivity index is 1.62. The number of sulfonamides is 1. The van der Waals surface area contributed by atoms with E-state index in [2.05, 4.69) is 10.0 Å². The number of benzene rings is 4. The van der Waals surface area contributed by atoms with Crippen LogP contribution in [0.25, 0.3) is 0 Å². The lowest BCUT2D eigenvalue weighted by Crippen LogP contribution is -2.19. The van der Waals surface area contributed by atoms with Crippen LogP contribution in [0.5, 0.6) is 11.5 Å².